The molecule has 0 spiro atoms. The highest BCUT2D eigenvalue weighted by Gasteiger charge is 2.21. The predicted octanol–water partition coefficient (Wildman–Crippen LogP) is 2.85. The van der Waals surface area contributed by atoms with Crippen LogP contribution in [0.25, 0.3) is 11.8 Å². The molecule has 0 aliphatic rings. The molecule has 2 rings (SSSR count). The van der Waals surface area contributed by atoms with Crippen LogP contribution in [-0.4, -0.2) is 27.9 Å². The molecule has 0 fully saturated rings. The maximum atomic E-state index is 11.9. The van der Waals surface area contributed by atoms with Crippen molar-refractivity contribution in [1.82, 2.24) is 9.88 Å². The van der Waals surface area contributed by atoms with E-state index in [1.54, 1.807) is 42.3 Å². The van der Waals surface area contributed by atoms with Crippen molar-refractivity contribution in [2.75, 3.05) is 12.8 Å². The second-order valence-electron chi connectivity index (χ2n) is 5.79. The Labute approximate surface area is 147 Å². The molecule has 1 atom stereocenters. The third-order valence-electron chi connectivity index (χ3n) is 4.16. The SMILES string of the molecule is C=CC(=O)N(C)C(CC)c1cc(/C=C(\N)c2ccccc2O)c(N)[nH]1. The van der Waals surface area contributed by atoms with Crippen LogP contribution in [0.4, 0.5) is 5.82 Å². The number of nitrogen functional groups attached to an aromatic ring is 1. The summed E-state index contributed by atoms with van der Waals surface area (Å²) >= 11 is 0. The minimum atomic E-state index is -0.161. The largest absolute Gasteiger partial charge is 0.507 e. The van der Waals surface area contributed by atoms with Crippen LogP contribution >= 0.6 is 0 Å². The Morgan fingerprint density at radius 1 is 1.44 bits per heavy atom. The number of benzene rings is 1. The van der Waals surface area contributed by atoms with E-state index in [1.807, 2.05) is 13.0 Å². The van der Waals surface area contributed by atoms with E-state index < -0.39 is 0 Å². The van der Waals surface area contributed by atoms with Gasteiger partial charge in [-0.3, -0.25) is 4.79 Å². The Balaban J connectivity index is 2.36. The average Bonchev–Trinajstić information content (AvgIpc) is 2.95. The standard InChI is InChI=1S/C19H24N4O2/c1-4-16(23(3)18(25)5-2)15-11-12(19(21)22-15)10-14(20)13-8-6-7-9-17(13)24/h5-11,16,22,24H,2,4,20-21H2,1,3H3/b14-10-. The summed E-state index contributed by atoms with van der Waals surface area (Å²) in [6, 6.07) is 8.55. The number of carbonyl (C=O) groups excluding carboxylic acids is 1. The average molecular weight is 340 g/mol. The number of H-pyrrole nitrogens is 1. The number of anilines is 1. The van der Waals surface area contributed by atoms with Crippen molar-refractivity contribution in [2.45, 2.75) is 19.4 Å². The fourth-order valence-corrected chi connectivity index (χ4v) is 2.77. The van der Waals surface area contributed by atoms with Gasteiger partial charge in [0.1, 0.15) is 11.6 Å². The van der Waals surface area contributed by atoms with Crippen molar-refractivity contribution < 1.29 is 9.90 Å². The Morgan fingerprint density at radius 3 is 2.72 bits per heavy atom. The molecular weight excluding hydrogens is 316 g/mol. The number of carbonyl (C=O) groups is 1. The molecule has 0 aliphatic carbocycles. The first-order valence-corrected chi connectivity index (χ1v) is 8.02. The van der Waals surface area contributed by atoms with Gasteiger partial charge in [0.15, 0.2) is 0 Å². The summed E-state index contributed by atoms with van der Waals surface area (Å²) in [5, 5.41) is 9.91. The van der Waals surface area contributed by atoms with Crippen molar-refractivity contribution in [3.63, 3.8) is 0 Å². The van der Waals surface area contributed by atoms with E-state index in [1.165, 1.54) is 6.08 Å². The number of aromatic hydroxyl groups is 1. The Morgan fingerprint density at radius 2 is 2.12 bits per heavy atom. The zero-order chi connectivity index (χ0) is 18.6. The molecule has 0 aliphatic heterocycles. The van der Waals surface area contributed by atoms with Gasteiger partial charge in [-0.2, -0.15) is 0 Å². The minimum absolute atomic E-state index is 0.105. The van der Waals surface area contributed by atoms with Gasteiger partial charge >= 0.3 is 0 Å². The number of likely N-dealkylation sites (N-methyl/N-ethyl adjacent to an activating group) is 1. The van der Waals surface area contributed by atoms with Crippen LogP contribution in [0.5, 0.6) is 5.75 Å². The number of phenols is 1. The van der Waals surface area contributed by atoms with Crippen molar-refractivity contribution in [2.24, 2.45) is 5.73 Å². The summed E-state index contributed by atoms with van der Waals surface area (Å²) < 4.78 is 0. The summed E-state index contributed by atoms with van der Waals surface area (Å²) in [5.74, 6) is 0.394. The number of hydrogen-bond acceptors (Lipinski definition) is 4. The first-order valence-electron chi connectivity index (χ1n) is 8.02. The van der Waals surface area contributed by atoms with Crippen LogP contribution in [0.2, 0.25) is 0 Å². The van der Waals surface area contributed by atoms with Crippen LogP contribution in [0.3, 0.4) is 0 Å². The Hall–Kier alpha value is -3.15. The van der Waals surface area contributed by atoms with Gasteiger partial charge in [-0.15, -0.1) is 0 Å². The van der Waals surface area contributed by atoms with E-state index >= 15 is 0 Å². The van der Waals surface area contributed by atoms with Gasteiger partial charge in [0.05, 0.1) is 6.04 Å². The second kappa shape index (κ2) is 7.61. The number of aromatic nitrogens is 1. The van der Waals surface area contributed by atoms with E-state index in [0.29, 0.717) is 29.1 Å². The highest BCUT2D eigenvalue weighted by molar-refractivity contribution is 5.87. The number of phenolic OH excluding ortho intramolecular Hbond substituents is 1. The van der Waals surface area contributed by atoms with Gasteiger partial charge in [0.25, 0.3) is 0 Å². The molecule has 1 amide bonds. The number of amides is 1. The maximum absolute atomic E-state index is 11.9. The van der Waals surface area contributed by atoms with Crippen molar-refractivity contribution in [1.29, 1.82) is 0 Å². The first-order chi connectivity index (χ1) is 11.9. The molecule has 1 aromatic heterocycles. The maximum Gasteiger partial charge on any atom is 0.246 e. The molecule has 25 heavy (non-hydrogen) atoms. The third kappa shape index (κ3) is 3.85. The summed E-state index contributed by atoms with van der Waals surface area (Å²) in [6.45, 7) is 5.51. The number of aromatic amines is 1. The van der Waals surface area contributed by atoms with E-state index in [2.05, 4.69) is 11.6 Å². The van der Waals surface area contributed by atoms with Gasteiger partial charge < -0.3 is 26.5 Å². The molecule has 6 nitrogen and oxygen atoms in total. The molecule has 6 N–H and O–H groups in total. The van der Waals surface area contributed by atoms with Gasteiger partial charge in [0, 0.05) is 29.6 Å². The molecule has 1 heterocycles. The van der Waals surface area contributed by atoms with Crippen LogP contribution in [0, 0.1) is 0 Å². The molecule has 0 saturated heterocycles. The number of rotatable bonds is 6. The smallest absolute Gasteiger partial charge is 0.246 e. The van der Waals surface area contributed by atoms with Crippen molar-refractivity contribution in [3.05, 3.63) is 59.8 Å². The zero-order valence-electron chi connectivity index (χ0n) is 14.5. The second-order valence-corrected chi connectivity index (χ2v) is 5.79. The minimum Gasteiger partial charge on any atom is -0.507 e. The van der Waals surface area contributed by atoms with Crippen LogP contribution in [-0.2, 0) is 4.79 Å². The van der Waals surface area contributed by atoms with E-state index in [0.717, 1.165) is 5.69 Å². The van der Waals surface area contributed by atoms with Gasteiger partial charge in [0.2, 0.25) is 5.91 Å². The topological polar surface area (TPSA) is 108 Å². The summed E-state index contributed by atoms with van der Waals surface area (Å²) in [7, 11) is 1.72. The molecule has 0 saturated carbocycles. The monoisotopic (exact) mass is 340 g/mol. The predicted molar refractivity (Wildman–Crippen MR) is 101 cm³/mol. The highest BCUT2D eigenvalue weighted by Crippen LogP contribution is 2.29. The zero-order valence-corrected chi connectivity index (χ0v) is 14.5. The molecule has 1 unspecified atom stereocenters. The van der Waals surface area contributed by atoms with Crippen LogP contribution in [0.15, 0.2) is 43.0 Å². The number of para-hydroxylation sites is 1. The highest BCUT2D eigenvalue weighted by atomic mass is 16.3. The lowest BCUT2D eigenvalue weighted by Crippen LogP contribution is -2.29. The molecule has 1 aromatic carbocycles. The van der Waals surface area contributed by atoms with Crippen molar-refractivity contribution in [3.8, 4) is 5.75 Å². The molecular formula is C19H24N4O2. The fourth-order valence-electron chi connectivity index (χ4n) is 2.77. The summed E-state index contributed by atoms with van der Waals surface area (Å²) in [6.07, 6.45) is 3.70. The number of hydrogen-bond donors (Lipinski definition) is 4. The van der Waals surface area contributed by atoms with E-state index in [9.17, 15) is 9.90 Å². The Bertz CT molecular complexity index is 808. The molecule has 6 heteroatoms. The molecule has 0 bridgehead atoms. The summed E-state index contributed by atoms with van der Waals surface area (Å²) in [5.41, 5.74) is 14.6. The van der Waals surface area contributed by atoms with Crippen LogP contribution < -0.4 is 11.5 Å². The lowest BCUT2D eigenvalue weighted by atomic mass is 10.1. The molecule has 2 aromatic rings. The number of nitrogens with two attached hydrogens (primary N) is 2. The first kappa shape index (κ1) is 18.2. The lowest BCUT2D eigenvalue weighted by Gasteiger charge is -2.25. The fraction of sp³-hybridized carbons (Fsp3) is 0.211. The van der Waals surface area contributed by atoms with E-state index in [-0.39, 0.29) is 17.7 Å². The number of nitrogens with one attached hydrogen (secondary N) is 1. The quantitative estimate of drug-likeness (QED) is 0.606. The third-order valence-corrected chi connectivity index (χ3v) is 4.16. The van der Waals surface area contributed by atoms with Gasteiger partial charge in [-0.05, 0) is 36.8 Å². The van der Waals surface area contributed by atoms with Crippen LogP contribution in [0.1, 0.15) is 36.2 Å². The normalized spacial score (nSPS) is 12.6. The Kier molecular flexibility index (Phi) is 5.54. The van der Waals surface area contributed by atoms with E-state index in [4.69, 9.17) is 11.5 Å². The summed E-state index contributed by atoms with van der Waals surface area (Å²) in [4.78, 5) is 16.6. The van der Waals surface area contributed by atoms with Gasteiger partial charge in [-0.25, -0.2) is 0 Å². The lowest BCUT2D eigenvalue weighted by molar-refractivity contribution is -0.127. The molecule has 0 radical (unpaired) electrons. The van der Waals surface area contributed by atoms with Gasteiger partial charge in [-0.1, -0.05) is 25.6 Å². The molecule has 132 valence electrons. The number of nitrogens with zero attached hydrogens (tertiary/aromatic N) is 1. The van der Waals surface area contributed by atoms with Crippen molar-refractivity contribution >= 4 is 23.5 Å².